The summed E-state index contributed by atoms with van der Waals surface area (Å²) in [4.78, 5) is 23.9. The first-order valence-electron chi connectivity index (χ1n) is 8.91. The summed E-state index contributed by atoms with van der Waals surface area (Å²) in [6, 6.07) is 8.25. The van der Waals surface area contributed by atoms with E-state index < -0.39 is 35.6 Å². The van der Waals surface area contributed by atoms with E-state index in [2.05, 4.69) is 5.10 Å². The Labute approximate surface area is 170 Å². The van der Waals surface area contributed by atoms with Crippen molar-refractivity contribution in [2.75, 3.05) is 6.61 Å². The van der Waals surface area contributed by atoms with Crippen LogP contribution in [0, 0.1) is 31.3 Å². The number of halogens is 3. The van der Waals surface area contributed by atoms with E-state index in [0.717, 1.165) is 24.3 Å². The molecule has 0 bridgehead atoms. The second-order valence-electron chi connectivity index (χ2n) is 6.46. The Morgan fingerprint density at radius 1 is 1.03 bits per heavy atom. The number of hydrogen-bond donors (Lipinski definition) is 0. The Hall–Kier alpha value is -3.68. The molecule has 0 N–H and O–H groups in total. The number of aromatic nitrogens is 2. The average molecular weight is 414 g/mol. The summed E-state index contributed by atoms with van der Waals surface area (Å²) in [6.07, 6.45) is 2.59. The van der Waals surface area contributed by atoms with Gasteiger partial charge in [0.1, 0.15) is 17.5 Å². The molecule has 0 saturated carbocycles. The third kappa shape index (κ3) is 4.65. The van der Waals surface area contributed by atoms with E-state index >= 15 is 0 Å². The van der Waals surface area contributed by atoms with Crippen molar-refractivity contribution < 1.29 is 27.5 Å². The van der Waals surface area contributed by atoms with Gasteiger partial charge in [0.2, 0.25) is 5.78 Å². The van der Waals surface area contributed by atoms with Gasteiger partial charge in [0.05, 0.1) is 16.9 Å². The van der Waals surface area contributed by atoms with Crippen molar-refractivity contribution in [2.24, 2.45) is 0 Å². The minimum absolute atomic E-state index is 0.365. The van der Waals surface area contributed by atoms with E-state index in [1.807, 2.05) is 0 Å². The van der Waals surface area contributed by atoms with Crippen LogP contribution in [0.1, 0.15) is 27.3 Å². The number of carbonyl (C=O) groups excluding carboxylic acids is 2. The van der Waals surface area contributed by atoms with Crippen LogP contribution in [-0.4, -0.2) is 28.1 Å². The smallest absolute Gasteiger partial charge is 0.331 e. The normalized spacial score (nSPS) is 11.1. The van der Waals surface area contributed by atoms with Gasteiger partial charge < -0.3 is 4.74 Å². The number of nitrogens with zero attached hydrogens (tertiary/aromatic N) is 2. The first kappa shape index (κ1) is 21.0. The minimum Gasteiger partial charge on any atom is -0.454 e. The molecular weight excluding hydrogens is 397 g/mol. The molecule has 8 heteroatoms. The zero-order valence-corrected chi connectivity index (χ0v) is 16.2. The summed E-state index contributed by atoms with van der Waals surface area (Å²) in [5.41, 5.74) is 2.15. The lowest BCUT2D eigenvalue weighted by Gasteiger charge is -2.04. The van der Waals surface area contributed by atoms with Gasteiger partial charge in [-0.1, -0.05) is 0 Å². The quantitative estimate of drug-likeness (QED) is 0.342. The number of Topliss-reactive ketones (excluding diaryl/α,β-unsaturated/α-hetero) is 1. The highest BCUT2D eigenvalue weighted by Gasteiger charge is 2.15. The molecule has 0 fully saturated rings. The standard InChI is InChI=1S/C22H17F3N2O3/c1-13-18(14(2)27(26-13)17-6-3-15(23)4-7-17)8-10-22(29)30-12-21(28)19-11-16(24)5-9-20(19)25/h3-11H,12H2,1-2H3/b10-8+. The molecule has 1 heterocycles. The van der Waals surface area contributed by atoms with Crippen molar-refractivity contribution in [3.05, 3.63) is 88.5 Å². The summed E-state index contributed by atoms with van der Waals surface area (Å²) in [7, 11) is 0. The molecular formula is C22H17F3N2O3. The summed E-state index contributed by atoms with van der Waals surface area (Å²) >= 11 is 0. The van der Waals surface area contributed by atoms with E-state index in [4.69, 9.17) is 4.74 Å². The fraction of sp³-hybridized carbons (Fsp3) is 0.136. The summed E-state index contributed by atoms with van der Waals surface area (Å²) in [6.45, 7) is 2.80. The Balaban J connectivity index is 1.68. The fourth-order valence-corrected chi connectivity index (χ4v) is 2.85. The van der Waals surface area contributed by atoms with Gasteiger partial charge in [0, 0.05) is 17.3 Å². The second-order valence-corrected chi connectivity index (χ2v) is 6.46. The van der Waals surface area contributed by atoms with Crippen molar-refractivity contribution in [1.82, 2.24) is 9.78 Å². The van der Waals surface area contributed by atoms with Gasteiger partial charge in [-0.3, -0.25) is 4.79 Å². The maximum atomic E-state index is 13.6. The van der Waals surface area contributed by atoms with Gasteiger partial charge in [0.25, 0.3) is 0 Å². The van der Waals surface area contributed by atoms with E-state index in [1.54, 1.807) is 30.7 Å². The Morgan fingerprint density at radius 2 is 1.70 bits per heavy atom. The number of aryl methyl sites for hydroxylation is 1. The minimum atomic E-state index is -0.896. The molecule has 0 aliphatic heterocycles. The van der Waals surface area contributed by atoms with Crippen LogP contribution in [0.3, 0.4) is 0 Å². The molecule has 1 aromatic heterocycles. The van der Waals surface area contributed by atoms with Crippen LogP contribution in [-0.2, 0) is 9.53 Å². The lowest BCUT2D eigenvalue weighted by atomic mass is 10.1. The van der Waals surface area contributed by atoms with E-state index in [0.29, 0.717) is 22.6 Å². The molecule has 0 aliphatic carbocycles. The van der Waals surface area contributed by atoms with Crippen LogP contribution in [0.5, 0.6) is 0 Å². The van der Waals surface area contributed by atoms with Crippen LogP contribution in [0.2, 0.25) is 0 Å². The third-order valence-corrected chi connectivity index (χ3v) is 4.38. The lowest BCUT2D eigenvalue weighted by molar-refractivity contribution is -0.136. The van der Waals surface area contributed by atoms with Gasteiger partial charge in [-0.05, 0) is 62.4 Å². The molecule has 0 spiro atoms. The molecule has 0 aliphatic rings. The van der Waals surface area contributed by atoms with Gasteiger partial charge in [-0.15, -0.1) is 0 Å². The Kier molecular flexibility index (Phi) is 6.15. The molecule has 3 aromatic rings. The summed E-state index contributed by atoms with van der Waals surface area (Å²) < 4.78 is 46.3. The zero-order chi connectivity index (χ0) is 21.8. The molecule has 154 valence electrons. The average Bonchev–Trinajstić information content (AvgIpc) is 3.00. The number of carbonyl (C=O) groups is 2. The topological polar surface area (TPSA) is 61.2 Å². The van der Waals surface area contributed by atoms with Gasteiger partial charge in [-0.25, -0.2) is 22.6 Å². The molecule has 30 heavy (non-hydrogen) atoms. The van der Waals surface area contributed by atoms with Crippen LogP contribution < -0.4 is 0 Å². The molecule has 0 unspecified atom stereocenters. The maximum absolute atomic E-state index is 13.6. The molecule has 0 radical (unpaired) electrons. The highest BCUT2D eigenvalue weighted by Crippen LogP contribution is 2.19. The van der Waals surface area contributed by atoms with Crippen molar-refractivity contribution >= 4 is 17.8 Å². The zero-order valence-electron chi connectivity index (χ0n) is 16.2. The van der Waals surface area contributed by atoms with Crippen LogP contribution >= 0.6 is 0 Å². The van der Waals surface area contributed by atoms with E-state index in [1.165, 1.54) is 18.2 Å². The van der Waals surface area contributed by atoms with Crippen molar-refractivity contribution in [2.45, 2.75) is 13.8 Å². The van der Waals surface area contributed by atoms with Gasteiger partial charge >= 0.3 is 5.97 Å². The number of esters is 1. The third-order valence-electron chi connectivity index (χ3n) is 4.38. The highest BCUT2D eigenvalue weighted by atomic mass is 19.1. The van der Waals surface area contributed by atoms with E-state index in [9.17, 15) is 22.8 Å². The maximum Gasteiger partial charge on any atom is 0.331 e. The predicted molar refractivity (Wildman–Crippen MR) is 104 cm³/mol. The molecule has 2 aromatic carbocycles. The number of ketones is 1. The van der Waals surface area contributed by atoms with Crippen molar-refractivity contribution in [3.8, 4) is 5.69 Å². The van der Waals surface area contributed by atoms with Crippen molar-refractivity contribution in [1.29, 1.82) is 0 Å². The second kappa shape index (κ2) is 8.77. The van der Waals surface area contributed by atoms with Crippen LogP contribution in [0.4, 0.5) is 13.2 Å². The summed E-state index contributed by atoms with van der Waals surface area (Å²) in [5.74, 6) is -3.71. The monoisotopic (exact) mass is 414 g/mol. The number of benzene rings is 2. The van der Waals surface area contributed by atoms with Gasteiger partial charge in [0.15, 0.2) is 6.61 Å². The molecule has 3 rings (SSSR count). The summed E-state index contributed by atoms with van der Waals surface area (Å²) in [5, 5.41) is 4.38. The van der Waals surface area contributed by atoms with Gasteiger partial charge in [-0.2, -0.15) is 5.10 Å². The lowest BCUT2D eigenvalue weighted by Crippen LogP contribution is -2.14. The number of hydrogen-bond acceptors (Lipinski definition) is 4. The number of rotatable bonds is 6. The molecule has 0 atom stereocenters. The van der Waals surface area contributed by atoms with Crippen LogP contribution in [0.25, 0.3) is 11.8 Å². The first-order chi connectivity index (χ1) is 14.3. The molecule has 0 saturated heterocycles. The Morgan fingerprint density at radius 3 is 2.40 bits per heavy atom. The predicted octanol–water partition coefficient (Wildman–Crippen LogP) is 4.35. The molecule has 0 amide bonds. The fourth-order valence-electron chi connectivity index (χ4n) is 2.85. The van der Waals surface area contributed by atoms with Crippen molar-refractivity contribution in [3.63, 3.8) is 0 Å². The SMILES string of the molecule is Cc1nn(-c2ccc(F)cc2)c(C)c1/C=C/C(=O)OCC(=O)c1cc(F)ccc1F. The molecule has 5 nitrogen and oxygen atoms in total. The largest absolute Gasteiger partial charge is 0.454 e. The van der Waals surface area contributed by atoms with Crippen LogP contribution in [0.15, 0.2) is 48.5 Å². The first-order valence-corrected chi connectivity index (χ1v) is 8.91. The number of ether oxygens (including phenoxy) is 1. The highest BCUT2D eigenvalue weighted by molar-refractivity contribution is 5.99. The van der Waals surface area contributed by atoms with E-state index in [-0.39, 0.29) is 5.82 Å². The Bertz CT molecular complexity index is 1140.